The Morgan fingerprint density at radius 2 is 2.12 bits per heavy atom. The third-order valence-corrected chi connectivity index (χ3v) is 4.41. The minimum absolute atomic E-state index is 0.0395. The predicted octanol–water partition coefficient (Wildman–Crippen LogP) is 4.18. The molecule has 0 saturated heterocycles. The van der Waals surface area contributed by atoms with E-state index in [2.05, 4.69) is 5.16 Å². The van der Waals surface area contributed by atoms with E-state index in [0.29, 0.717) is 23.0 Å². The number of aromatic nitrogens is 1. The first-order chi connectivity index (χ1) is 12.7. The highest BCUT2D eigenvalue weighted by molar-refractivity contribution is 7.13. The Balaban J connectivity index is 1.58. The van der Waals surface area contributed by atoms with Crippen molar-refractivity contribution in [3.63, 3.8) is 0 Å². The van der Waals surface area contributed by atoms with Crippen molar-refractivity contribution in [2.24, 2.45) is 0 Å². The molecule has 0 amide bonds. The molecular formula is C19H17NO5S. The van der Waals surface area contributed by atoms with Gasteiger partial charge < -0.3 is 18.7 Å². The fourth-order valence-electron chi connectivity index (χ4n) is 2.22. The maximum Gasteiger partial charge on any atom is 0.331 e. The van der Waals surface area contributed by atoms with Crippen LogP contribution in [-0.2, 0) is 16.1 Å². The van der Waals surface area contributed by atoms with Gasteiger partial charge in [-0.1, -0.05) is 11.2 Å². The normalized spacial score (nSPS) is 10.8. The first kappa shape index (κ1) is 17.8. The van der Waals surface area contributed by atoms with Crippen molar-refractivity contribution in [1.82, 2.24) is 5.16 Å². The molecule has 0 atom stereocenters. The molecule has 6 nitrogen and oxygen atoms in total. The minimum Gasteiger partial charge on any atom is -0.497 e. The summed E-state index contributed by atoms with van der Waals surface area (Å²) in [5, 5.41) is 5.86. The van der Waals surface area contributed by atoms with Crippen molar-refractivity contribution < 1.29 is 23.5 Å². The average molecular weight is 371 g/mol. The molecule has 26 heavy (non-hydrogen) atoms. The zero-order valence-electron chi connectivity index (χ0n) is 14.3. The zero-order valence-corrected chi connectivity index (χ0v) is 15.1. The molecule has 134 valence electrons. The van der Waals surface area contributed by atoms with Gasteiger partial charge in [0.05, 0.1) is 19.1 Å². The Morgan fingerprint density at radius 3 is 2.85 bits per heavy atom. The summed E-state index contributed by atoms with van der Waals surface area (Å²) in [6, 6.07) is 11.0. The van der Waals surface area contributed by atoms with Crippen molar-refractivity contribution in [2.75, 3.05) is 14.2 Å². The quantitative estimate of drug-likeness (QED) is 0.458. The number of esters is 1. The van der Waals surface area contributed by atoms with Gasteiger partial charge in [0.25, 0.3) is 0 Å². The van der Waals surface area contributed by atoms with Crippen LogP contribution in [0.4, 0.5) is 0 Å². The lowest BCUT2D eigenvalue weighted by atomic mass is 10.2. The highest BCUT2D eigenvalue weighted by Crippen LogP contribution is 2.26. The van der Waals surface area contributed by atoms with E-state index in [4.69, 9.17) is 18.7 Å². The molecule has 0 spiro atoms. The Kier molecular flexibility index (Phi) is 5.70. The van der Waals surface area contributed by atoms with Crippen LogP contribution < -0.4 is 9.47 Å². The van der Waals surface area contributed by atoms with Gasteiger partial charge in [0, 0.05) is 23.8 Å². The fraction of sp³-hybridized carbons (Fsp3) is 0.158. The van der Waals surface area contributed by atoms with Crippen molar-refractivity contribution in [2.45, 2.75) is 6.61 Å². The summed E-state index contributed by atoms with van der Waals surface area (Å²) in [5.74, 6) is 1.45. The maximum atomic E-state index is 11.9. The van der Waals surface area contributed by atoms with Crippen molar-refractivity contribution in [1.29, 1.82) is 0 Å². The summed E-state index contributed by atoms with van der Waals surface area (Å²) in [4.78, 5) is 12.9. The summed E-state index contributed by atoms with van der Waals surface area (Å²) in [6.45, 7) is 0.0395. The molecule has 3 aromatic rings. The Bertz CT molecular complexity index is 899. The number of thiophene rings is 1. The number of rotatable bonds is 7. The number of benzene rings is 1. The van der Waals surface area contributed by atoms with Gasteiger partial charge in [-0.15, -0.1) is 11.3 Å². The van der Waals surface area contributed by atoms with E-state index in [0.717, 1.165) is 10.4 Å². The van der Waals surface area contributed by atoms with E-state index in [9.17, 15) is 4.79 Å². The second-order valence-electron chi connectivity index (χ2n) is 5.21. The van der Waals surface area contributed by atoms with Gasteiger partial charge in [-0.25, -0.2) is 4.79 Å². The average Bonchev–Trinajstić information content (AvgIpc) is 3.35. The molecular weight excluding hydrogens is 354 g/mol. The number of hydrogen-bond donors (Lipinski definition) is 0. The van der Waals surface area contributed by atoms with Crippen LogP contribution in [0.3, 0.4) is 0 Å². The summed E-state index contributed by atoms with van der Waals surface area (Å²) in [6.07, 6.45) is 2.96. The van der Waals surface area contributed by atoms with Crippen LogP contribution in [0, 0.1) is 0 Å². The van der Waals surface area contributed by atoms with Gasteiger partial charge in [-0.2, -0.15) is 0 Å². The second-order valence-corrected chi connectivity index (χ2v) is 6.16. The predicted molar refractivity (Wildman–Crippen MR) is 98.2 cm³/mol. The van der Waals surface area contributed by atoms with Crippen LogP contribution in [0.15, 0.2) is 52.4 Å². The standard InChI is InChI=1S/C19H17NO5S/c1-22-15-7-5-13(16(11-15)23-2)6-8-19(21)24-12-14-10-17(25-20-14)18-4-3-9-26-18/h3-11H,12H2,1-2H3/b8-6+. The van der Waals surface area contributed by atoms with Crippen LogP contribution in [-0.4, -0.2) is 25.3 Å². The van der Waals surface area contributed by atoms with Crippen molar-refractivity contribution in [3.05, 3.63) is 59.1 Å². The van der Waals surface area contributed by atoms with Crippen molar-refractivity contribution in [3.8, 4) is 22.1 Å². The smallest absolute Gasteiger partial charge is 0.331 e. The highest BCUT2D eigenvalue weighted by Gasteiger charge is 2.09. The second kappa shape index (κ2) is 8.35. The Morgan fingerprint density at radius 1 is 1.23 bits per heavy atom. The van der Waals surface area contributed by atoms with Gasteiger partial charge in [-0.05, 0) is 29.7 Å². The molecule has 0 bridgehead atoms. The Labute approximate surface area is 154 Å². The van der Waals surface area contributed by atoms with Gasteiger partial charge in [-0.3, -0.25) is 0 Å². The minimum atomic E-state index is -0.483. The molecule has 0 saturated carbocycles. The molecule has 2 aromatic heterocycles. The monoisotopic (exact) mass is 371 g/mol. The van der Waals surface area contributed by atoms with E-state index in [1.165, 1.54) is 6.08 Å². The molecule has 1 aromatic carbocycles. The first-order valence-electron chi connectivity index (χ1n) is 7.76. The van der Waals surface area contributed by atoms with E-state index in [1.54, 1.807) is 55.9 Å². The number of hydrogen-bond acceptors (Lipinski definition) is 7. The van der Waals surface area contributed by atoms with E-state index >= 15 is 0 Å². The third kappa shape index (κ3) is 4.31. The largest absolute Gasteiger partial charge is 0.497 e. The molecule has 0 fully saturated rings. The van der Waals surface area contributed by atoms with Gasteiger partial charge in [0.2, 0.25) is 0 Å². The van der Waals surface area contributed by atoms with Crippen LogP contribution in [0.1, 0.15) is 11.3 Å². The molecule has 0 aliphatic rings. The lowest BCUT2D eigenvalue weighted by molar-refractivity contribution is -0.139. The Hall–Kier alpha value is -3.06. The van der Waals surface area contributed by atoms with Crippen molar-refractivity contribution >= 4 is 23.4 Å². The fourth-order valence-corrected chi connectivity index (χ4v) is 2.90. The number of carbonyl (C=O) groups excluding carboxylic acids is 1. The lowest BCUT2D eigenvalue weighted by Gasteiger charge is -2.07. The summed E-state index contributed by atoms with van der Waals surface area (Å²) < 4.78 is 20.9. The van der Waals surface area contributed by atoms with Gasteiger partial charge in [0.15, 0.2) is 5.76 Å². The van der Waals surface area contributed by atoms with Crippen LogP contribution in [0.25, 0.3) is 16.7 Å². The maximum absolute atomic E-state index is 11.9. The molecule has 0 N–H and O–H groups in total. The van der Waals surface area contributed by atoms with E-state index in [-0.39, 0.29) is 6.61 Å². The van der Waals surface area contributed by atoms with Crippen LogP contribution in [0.5, 0.6) is 11.5 Å². The van der Waals surface area contributed by atoms with E-state index < -0.39 is 5.97 Å². The van der Waals surface area contributed by atoms with Gasteiger partial charge >= 0.3 is 5.97 Å². The zero-order chi connectivity index (χ0) is 18.4. The number of methoxy groups -OCH3 is 2. The third-order valence-electron chi connectivity index (χ3n) is 3.52. The molecule has 0 aliphatic carbocycles. The van der Waals surface area contributed by atoms with Gasteiger partial charge in [0.1, 0.15) is 23.8 Å². The summed E-state index contributed by atoms with van der Waals surface area (Å²) >= 11 is 1.55. The molecule has 3 rings (SSSR count). The molecule has 0 aliphatic heterocycles. The molecule has 7 heteroatoms. The number of nitrogens with zero attached hydrogens (tertiary/aromatic N) is 1. The number of ether oxygens (including phenoxy) is 3. The molecule has 0 radical (unpaired) electrons. The molecule has 2 heterocycles. The van der Waals surface area contributed by atoms with Crippen LogP contribution >= 0.6 is 11.3 Å². The lowest BCUT2D eigenvalue weighted by Crippen LogP contribution is -2.01. The summed E-state index contributed by atoms with van der Waals surface area (Å²) in [7, 11) is 3.13. The van der Waals surface area contributed by atoms with Crippen LogP contribution in [0.2, 0.25) is 0 Å². The molecule has 0 unspecified atom stereocenters. The van der Waals surface area contributed by atoms with E-state index in [1.807, 2.05) is 17.5 Å². The SMILES string of the molecule is COc1ccc(/C=C/C(=O)OCc2cc(-c3cccs3)on2)c(OC)c1. The number of carbonyl (C=O) groups is 1. The topological polar surface area (TPSA) is 70.8 Å². The first-order valence-corrected chi connectivity index (χ1v) is 8.64. The highest BCUT2D eigenvalue weighted by atomic mass is 32.1. The summed E-state index contributed by atoms with van der Waals surface area (Å²) in [5.41, 5.74) is 1.30.